The molecule has 1 aromatic carbocycles. The lowest BCUT2D eigenvalue weighted by Crippen LogP contribution is -2.28. The van der Waals surface area contributed by atoms with Gasteiger partial charge in [-0.15, -0.1) is 0 Å². The molecule has 0 aromatic heterocycles. The highest BCUT2D eigenvalue weighted by atomic mass is 16.2. The van der Waals surface area contributed by atoms with Gasteiger partial charge in [-0.1, -0.05) is 0 Å². The zero-order valence-corrected chi connectivity index (χ0v) is 9.25. The van der Waals surface area contributed by atoms with E-state index in [2.05, 4.69) is 10.6 Å². The van der Waals surface area contributed by atoms with Crippen LogP contribution in [0.4, 0.5) is 0 Å². The lowest BCUT2D eigenvalue weighted by Gasteiger charge is -2.19. The van der Waals surface area contributed by atoms with Crippen LogP contribution in [0.1, 0.15) is 50.1 Å². The average Bonchev–Trinajstić information content (AvgIpc) is 2.75. The predicted molar refractivity (Wildman–Crippen MR) is 61.2 cm³/mol. The zero-order valence-electron chi connectivity index (χ0n) is 9.25. The van der Waals surface area contributed by atoms with Gasteiger partial charge in [-0.25, -0.2) is 0 Å². The minimum Gasteiger partial charge on any atom is -0.316 e. The van der Waals surface area contributed by atoms with Crippen LogP contribution in [-0.2, 0) is 0 Å². The lowest BCUT2D eigenvalue weighted by atomic mass is 9.96. The molecule has 2 N–H and O–H groups in total. The Morgan fingerprint density at radius 2 is 1.47 bits per heavy atom. The smallest absolute Gasteiger partial charge is 0.258 e. The molecule has 2 amide bonds. The second-order valence-corrected chi connectivity index (χ2v) is 5.10. The maximum atomic E-state index is 11.6. The van der Waals surface area contributed by atoms with E-state index in [1.807, 2.05) is 12.1 Å². The molecule has 1 fully saturated rings. The van der Waals surface area contributed by atoms with E-state index in [0.29, 0.717) is 23.0 Å². The molecule has 4 rings (SSSR count). The van der Waals surface area contributed by atoms with Gasteiger partial charge >= 0.3 is 0 Å². The SMILES string of the molecule is O=C1NC(=O)c2cc3c(cc21)C1CNCC3C1. The van der Waals surface area contributed by atoms with E-state index in [9.17, 15) is 9.59 Å². The van der Waals surface area contributed by atoms with Crippen molar-refractivity contribution in [2.75, 3.05) is 13.1 Å². The quantitative estimate of drug-likeness (QED) is 0.644. The highest BCUT2D eigenvalue weighted by Crippen LogP contribution is 2.44. The summed E-state index contributed by atoms with van der Waals surface area (Å²) in [6, 6.07) is 3.87. The molecule has 2 bridgehead atoms. The molecule has 1 saturated heterocycles. The molecule has 1 aromatic rings. The number of fused-ring (bicyclic) bond motifs is 6. The van der Waals surface area contributed by atoms with Crippen molar-refractivity contribution in [1.29, 1.82) is 0 Å². The summed E-state index contributed by atoms with van der Waals surface area (Å²) >= 11 is 0. The van der Waals surface area contributed by atoms with Crippen LogP contribution >= 0.6 is 0 Å². The molecule has 1 aliphatic carbocycles. The third-order valence-electron chi connectivity index (χ3n) is 4.17. The highest BCUT2D eigenvalue weighted by Gasteiger charge is 2.37. The van der Waals surface area contributed by atoms with Crippen LogP contribution in [0.25, 0.3) is 0 Å². The molecule has 4 heteroatoms. The third kappa shape index (κ3) is 1.11. The van der Waals surface area contributed by atoms with Crippen LogP contribution < -0.4 is 10.6 Å². The first-order valence-corrected chi connectivity index (χ1v) is 5.98. The van der Waals surface area contributed by atoms with Crippen molar-refractivity contribution in [3.8, 4) is 0 Å². The van der Waals surface area contributed by atoms with Crippen molar-refractivity contribution < 1.29 is 9.59 Å². The van der Waals surface area contributed by atoms with Crippen LogP contribution in [0.3, 0.4) is 0 Å². The van der Waals surface area contributed by atoms with Gasteiger partial charge in [0.25, 0.3) is 11.8 Å². The minimum atomic E-state index is -0.248. The lowest BCUT2D eigenvalue weighted by molar-refractivity contribution is 0.0879. The number of carbonyl (C=O) groups is 2. The number of hydrogen-bond acceptors (Lipinski definition) is 3. The molecule has 86 valence electrons. The molecule has 2 unspecified atom stereocenters. The molecule has 3 aliphatic rings. The zero-order chi connectivity index (χ0) is 11.6. The van der Waals surface area contributed by atoms with Crippen LogP contribution in [0.5, 0.6) is 0 Å². The molecule has 17 heavy (non-hydrogen) atoms. The Bertz CT molecular complexity index is 518. The van der Waals surface area contributed by atoms with E-state index in [4.69, 9.17) is 0 Å². The van der Waals surface area contributed by atoms with Crippen molar-refractivity contribution in [3.05, 3.63) is 34.4 Å². The Hall–Kier alpha value is -1.68. The fraction of sp³-hybridized carbons (Fsp3) is 0.385. The highest BCUT2D eigenvalue weighted by molar-refractivity contribution is 6.21. The third-order valence-corrected chi connectivity index (χ3v) is 4.17. The Balaban J connectivity index is 1.96. The van der Waals surface area contributed by atoms with E-state index in [1.54, 1.807) is 0 Å². The summed E-state index contributed by atoms with van der Waals surface area (Å²) in [7, 11) is 0. The monoisotopic (exact) mass is 228 g/mol. The number of benzene rings is 1. The number of rotatable bonds is 0. The van der Waals surface area contributed by atoms with Crippen LogP contribution in [-0.4, -0.2) is 24.9 Å². The fourth-order valence-corrected chi connectivity index (χ4v) is 3.37. The van der Waals surface area contributed by atoms with E-state index in [-0.39, 0.29) is 11.8 Å². The molecule has 0 spiro atoms. The maximum absolute atomic E-state index is 11.6. The Morgan fingerprint density at radius 1 is 0.941 bits per heavy atom. The number of amides is 2. The van der Waals surface area contributed by atoms with Crippen LogP contribution in [0, 0.1) is 0 Å². The van der Waals surface area contributed by atoms with Crippen LogP contribution in [0.15, 0.2) is 12.1 Å². The standard InChI is InChI=1S/C13H12N2O2/c16-12-10-2-8-6-1-7(5-14-4-6)9(8)3-11(10)13(17)15-12/h2-3,6-7,14H,1,4-5H2,(H,15,16,17). The first-order chi connectivity index (χ1) is 8.24. The van der Waals surface area contributed by atoms with E-state index < -0.39 is 0 Å². The fourth-order valence-electron chi connectivity index (χ4n) is 3.37. The summed E-state index contributed by atoms with van der Waals surface area (Å²) in [6.07, 6.45) is 1.15. The van der Waals surface area contributed by atoms with E-state index >= 15 is 0 Å². The molecular weight excluding hydrogens is 216 g/mol. The largest absolute Gasteiger partial charge is 0.316 e. The Kier molecular flexibility index (Phi) is 1.63. The van der Waals surface area contributed by atoms with Gasteiger partial charge in [0.2, 0.25) is 0 Å². The summed E-state index contributed by atoms with van der Waals surface area (Å²) in [5.74, 6) is 0.527. The molecule has 2 atom stereocenters. The number of nitrogens with one attached hydrogen (secondary N) is 2. The Morgan fingerprint density at radius 3 is 2.00 bits per heavy atom. The van der Waals surface area contributed by atoms with Gasteiger partial charge in [-0.3, -0.25) is 14.9 Å². The summed E-state index contributed by atoms with van der Waals surface area (Å²) in [5.41, 5.74) is 3.65. The number of hydrogen-bond donors (Lipinski definition) is 2. The van der Waals surface area contributed by atoms with Gasteiger partial charge < -0.3 is 5.32 Å². The minimum absolute atomic E-state index is 0.248. The number of carbonyl (C=O) groups excluding carboxylic acids is 2. The van der Waals surface area contributed by atoms with Crippen molar-refractivity contribution in [2.24, 2.45) is 0 Å². The molecule has 4 nitrogen and oxygen atoms in total. The van der Waals surface area contributed by atoms with Crippen molar-refractivity contribution >= 4 is 11.8 Å². The molecule has 2 heterocycles. The molecule has 0 saturated carbocycles. The summed E-state index contributed by atoms with van der Waals surface area (Å²) in [4.78, 5) is 23.2. The van der Waals surface area contributed by atoms with Gasteiger partial charge in [0, 0.05) is 13.1 Å². The van der Waals surface area contributed by atoms with E-state index in [1.165, 1.54) is 11.1 Å². The normalized spacial score (nSPS) is 28.9. The van der Waals surface area contributed by atoms with Gasteiger partial charge in [-0.2, -0.15) is 0 Å². The Labute approximate surface area is 98.4 Å². The second kappa shape index (κ2) is 2.96. The van der Waals surface area contributed by atoms with Gasteiger partial charge in [-0.05, 0) is 41.5 Å². The maximum Gasteiger partial charge on any atom is 0.258 e. The van der Waals surface area contributed by atoms with E-state index in [0.717, 1.165) is 19.5 Å². The summed E-state index contributed by atoms with van der Waals surface area (Å²) in [5, 5.41) is 5.76. The number of imide groups is 1. The summed E-state index contributed by atoms with van der Waals surface area (Å²) < 4.78 is 0. The first kappa shape index (κ1) is 9.36. The van der Waals surface area contributed by atoms with Crippen molar-refractivity contribution in [3.63, 3.8) is 0 Å². The topological polar surface area (TPSA) is 58.2 Å². The molecule has 2 aliphatic heterocycles. The predicted octanol–water partition coefficient (Wildman–Crippen LogP) is 0.744. The first-order valence-electron chi connectivity index (χ1n) is 5.98. The van der Waals surface area contributed by atoms with Crippen molar-refractivity contribution in [2.45, 2.75) is 18.3 Å². The van der Waals surface area contributed by atoms with Gasteiger partial charge in [0.15, 0.2) is 0 Å². The van der Waals surface area contributed by atoms with Crippen LogP contribution in [0.2, 0.25) is 0 Å². The second-order valence-electron chi connectivity index (χ2n) is 5.10. The average molecular weight is 228 g/mol. The molecular formula is C13H12N2O2. The van der Waals surface area contributed by atoms with Gasteiger partial charge in [0.1, 0.15) is 0 Å². The molecule has 0 radical (unpaired) electrons. The van der Waals surface area contributed by atoms with Crippen molar-refractivity contribution in [1.82, 2.24) is 10.6 Å². The van der Waals surface area contributed by atoms with Gasteiger partial charge in [0.05, 0.1) is 11.1 Å². The number of piperidine rings is 1. The summed E-state index contributed by atoms with van der Waals surface area (Å²) in [6.45, 7) is 1.97.